The predicted octanol–water partition coefficient (Wildman–Crippen LogP) is 4.52. The van der Waals surface area contributed by atoms with Gasteiger partial charge in [-0.15, -0.1) is 0 Å². The Morgan fingerprint density at radius 1 is 1.00 bits per heavy atom. The molecule has 0 bridgehead atoms. The van der Waals surface area contributed by atoms with Gasteiger partial charge in [0.1, 0.15) is 30.3 Å². The summed E-state index contributed by atoms with van der Waals surface area (Å²) in [6.45, 7) is 0.556. The van der Waals surface area contributed by atoms with Gasteiger partial charge in [-0.1, -0.05) is 12.1 Å². The Labute approximate surface area is 184 Å². The minimum atomic E-state index is -0.115. The van der Waals surface area contributed by atoms with Gasteiger partial charge in [-0.05, 0) is 48.5 Å². The highest BCUT2D eigenvalue weighted by molar-refractivity contribution is 5.92. The van der Waals surface area contributed by atoms with Crippen LogP contribution in [0.25, 0.3) is 16.6 Å². The first-order chi connectivity index (χ1) is 15.7. The molecule has 7 nitrogen and oxygen atoms in total. The number of carbonyl (C=O) groups excluding carboxylic acids is 1. The number of rotatable bonds is 7. The van der Waals surface area contributed by atoms with Crippen molar-refractivity contribution in [3.8, 4) is 11.5 Å². The third-order valence-electron chi connectivity index (χ3n) is 5.21. The van der Waals surface area contributed by atoms with Gasteiger partial charge in [0, 0.05) is 41.2 Å². The molecule has 0 saturated heterocycles. The molecular weight excluding hydrogens is 404 g/mol. The van der Waals surface area contributed by atoms with Crippen LogP contribution in [0.5, 0.6) is 11.5 Å². The van der Waals surface area contributed by atoms with E-state index in [0.717, 1.165) is 28.0 Å². The molecule has 2 aromatic carbocycles. The SMILES string of the molecule is COc1ccc2c(ccn2CC(=O)Nc2cccc(OCc3cn4ccccc4n3)c2)c1. The highest BCUT2D eigenvalue weighted by atomic mass is 16.5. The first kappa shape index (κ1) is 19.7. The second-order valence-corrected chi connectivity index (χ2v) is 7.43. The Balaban J connectivity index is 1.23. The minimum absolute atomic E-state index is 0.115. The number of hydrogen-bond donors (Lipinski definition) is 1. The fraction of sp³-hybridized carbons (Fsp3) is 0.120. The number of carbonyl (C=O) groups is 1. The molecule has 0 unspecified atom stereocenters. The van der Waals surface area contributed by atoms with Crippen LogP contribution < -0.4 is 14.8 Å². The number of ether oxygens (including phenoxy) is 2. The quantitative estimate of drug-likeness (QED) is 0.416. The molecule has 1 amide bonds. The van der Waals surface area contributed by atoms with Crippen molar-refractivity contribution in [1.29, 1.82) is 0 Å². The molecule has 0 aliphatic carbocycles. The molecule has 7 heteroatoms. The molecule has 5 rings (SSSR count). The molecule has 0 saturated carbocycles. The van der Waals surface area contributed by atoms with Gasteiger partial charge in [-0.3, -0.25) is 4.79 Å². The molecule has 0 radical (unpaired) electrons. The summed E-state index contributed by atoms with van der Waals surface area (Å²) >= 11 is 0. The first-order valence-corrected chi connectivity index (χ1v) is 10.3. The Hall–Kier alpha value is -4.26. The van der Waals surface area contributed by atoms with Crippen molar-refractivity contribution < 1.29 is 14.3 Å². The van der Waals surface area contributed by atoms with Crippen molar-refractivity contribution in [2.24, 2.45) is 0 Å². The molecule has 0 aliphatic rings. The number of hydrogen-bond acceptors (Lipinski definition) is 4. The van der Waals surface area contributed by atoms with Crippen LogP contribution in [-0.2, 0) is 17.9 Å². The maximum absolute atomic E-state index is 12.6. The third kappa shape index (κ3) is 4.13. The fourth-order valence-electron chi connectivity index (χ4n) is 3.68. The van der Waals surface area contributed by atoms with Crippen molar-refractivity contribution in [2.75, 3.05) is 12.4 Å². The zero-order chi connectivity index (χ0) is 21.9. The van der Waals surface area contributed by atoms with Crippen molar-refractivity contribution in [2.45, 2.75) is 13.2 Å². The summed E-state index contributed by atoms with van der Waals surface area (Å²) in [6, 6.07) is 21.0. The monoisotopic (exact) mass is 426 g/mol. The van der Waals surface area contributed by atoms with E-state index in [1.54, 1.807) is 7.11 Å². The Kier molecular flexibility index (Phi) is 5.21. The number of nitrogens with one attached hydrogen (secondary N) is 1. The number of amides is 1. The molecule has 1 N–H and O–H groups in total. The number of imidazole rings is 1. The van der Waals surface area contributed by atoms with Crippen LogP contribution in [0, 0.1) is 0 Å². The maximum atomic E-state index is 12.6. The van der Waals surface area contributed by atoms with Crippen LogP contribution in [0.3, 0.4) is 0 Å². The standard InChI is InChI=1S/C25H22N4O3/c1-31-21-8-9-23-18(13-21)10-12-28(23)16-25(30)27-19-5-4-6-22(14-19)32-17-20-15-29-11-3-2-7-24(29)26-20/h2-15H,16-17H2,1H3,(H,27,30). The summed E-state index contributed by atoms with van der Waals surface area (Å²) in [5.74, 6) is 1.34. The average molecular weight is 426 g/mol. The Morgan fingerprint density at radius 2 is 1.94 bits per heavy atom. The molecule has 5 aromatic rings. The summed E-state index contributed by atoms with van der Waals surface area (Å²) in [7, 11) is 1.64. The fourth-order valence-corrected chi connectivity index (χ4v) is 3.68. The van der Waals surface area contributed by atoms with Crippen molar-refractivity contribution in [3.63, 3.8) is 0 Å². The summed E-state index contributed by atoms with van der Waals surface area (Å²) in [6.07, 6.45) is 5.79. The van der Waals surface area contributed by atoms with Gasteiger partial charge >= 0.3 is 0 Å². The summed E-state index contributed by atoms with van der Waals surface area (Å²) in [4.78, 5) is 17.2. The van der Waals surface area contributed by atoms with E-state index in [0.29, 0.717) is 18.0 Å². The number of anilines is 1. The highest BCUT2D eigenvalue weighted by Crippen LogP contribution is 2.22. The van der Waals surface area contributed by atoms with Crippen LogP contribution >= 0.6 is 0 Å². The van der Waals surface area contributed by atoms with Gasteiger partial charge in [0.05, 0.1) is 12.8 Å². The second-order valence-electron chi connectivity index (χ2n) is 7.43. The van der Waals surface area contributed by atoms with E-state index < -0.39 is 0 Å². The lowest BCUT2D eigenvalue weighted by Crippen LogP contribution is -2.18. The predicted molar refractivity (Wildman–Crippen MR) is 123 cm³/mol. The van der Waals surface area contributed by atoms with Crippen molar-refractivity contribution in [1.82, 2.24) is 14.0 Å². The van der Waals surface area contributed by atoms with Crippen molar-refractivity contribution >= 4 is 28.1 Å². The molecular formula is C25H22N4O3. The Morgan fingerprint density at radius 3 is 2.81 bits per heavy atom. The van der Waals surface area contributed by atoms with E-state index in [1.807, 2.05) is 94.3 Å². The van der Waals surface area contributed by atoms with Crippen LogP contribution in [0.15, 0.2) is 85.3 Å². The van der Waals surface area contributed by atoms with E-state index in [4.69, 9.17) is 9.47 Å². The minimum Gasteiger partial charge on any atom is -0.497 e. The van der Waals surface area contributed by atoms with Crippen LogP contribution in [0.1, 0.15) is 5.69 Å². The zero-order valence-corrected chi connectivity index (χ0v) is 17.6. The number of benzene rings is 2. The van der Waals surface area contributed by atoms with Gasteiger partial charge < -0.3 is 23.8 Å². The normalized spacial score (nSPS) is 11.0. The number of methoxy groups -OCH3 is 1. The average Bonchev–Trinajstić information content (AvgIpc) is 3.41. The number of fused-ring (bicyclic) bond motifs is 2. The molecule has 3 heterocycles. The first-order valence-electron chi connectivity index (χ1n) is 10.3. The number of nitrogens with zero attached hydrogens (tertiary/aromatic N) is 3. The second kappa shape index (κ2) is 8.47. The lowest BCUT2D eigenvalue weighted by Gasteiger charge is -2.10. The molecule has 0 atom stereocenters. The van der Waals surface area contributed by atoms with Crippen LogP contribution in [0.4, 0.5) is 5.69 Å². The van der Waals surface area contributed by atoms with Crippen LogP contribution in [0.2, 0.25) is 0 Å². The van der Waals surface area contributed by atoms with Gasteiger partial charge in [-0.25, -0.2) is 4.98 Å². The van der Waals surface area contributed by atoms with Gasteiger partial charge in [0.15, 0.2) is 0 Å². The topological polar surface area (TPSA) is 69.8 Å². The lowest BCUT2D eigenvalue weighted by molar-refractivity contribution is -0.116. The van der Waals surface area contributed by atoms with Gasteiger partial charge in [-0.2, -0.15) is 0 Å². The maximum Gasteiger partial charge on any atom is 0.244 e. The smallest absolute Gasteiger partial charge is 0.244 e. The van der Waals surface area contributed by atoms with Crippen molar-refractivity contribution in [3.05, 3.63) is 91.0 Å². The summed E-state index contributed by atoms with van der Waals surface area (Å²) in [5.41, 5.74) is 3.37. The third-order valence-corrected chi connectivity index (χ3v) is 5.21. The molecule has 3 aromatic heterocycles. The summed E-state index contributed by atoms with van der Waals surface area (Å²) < 4.78 is 15.0. The molecule has 0 fully saturated rings. The molecule has 0 spiro atoms. The molecule has 160 valence electrons. The van der Waals surface area contributed by atoms with E-state index >= 15 is 0 Å². The van der Waals surface area contributed by atoms with Crippen LogP contribution in [-0.4, -0.2) is 27.0 Å². The largest absolute Gasteiger partial charge is 0.497 e. The summed E-state index contributed by atoms with van der Waals surface area (Å²) in [5, 5.41) is 3.97. The number of pyridine rings is 1. The zero-order valence-electron chi connectivity index (χ0n) is 17.6. The molecule has 0 aliphatic heterocycles. The lowest BCUT2D eigenvalue weighted by atomic mass is 10.2. The van der Waals surface area contributed by atoms with E-state index in [2.05, 4.69) is 10.3 Å². The van der Waals surface area contributed by atoms with Gasteiger partial charge in [0.2, 0.25) is 5.91 Å². The van der Waals surface area contributed by atoms with E-state index in [1.165, 1.54) is 0 Å². The number of aromatic nitrogens is 3. The van der Waals surface area contributed by atoms with E-state index in [-0.39, 0.29) is 12.5 Å². The van der Waals surface area contributed by atoms with Gasteiger partial charge in [0.25, 0.3) is 0 Å². The Bertz CT molecular complexity index is 1370. The highest BCUT2D eigenvalue weighted by Gasteiger charge is 2.09. The molecule has 32 heavy (non-hydrogen) atoms. The van der Waals surface area contributed by atoms with E-state index in [9.17, 15) is 4.79 Å².